The highest BCUT2D eigenvalue weighted by Gasteiger charge is 1.99. The normalized spacial score (nSPS) is 15.6. The summed E-state index contributed by atoms with van der Waals surface area (Å²) in [5.74, 6) is 1.07. The first kappa shape index (κ1) is 11.2. The van der Waals surface area contributed by atoms with Crippen LogP contribution in [0.5, 0.6) is 0 Å². The lowest BCUT2D eigenvalue weighted by atomic mass is 9.98. The molecule has 0 fully saturated rings. The van der Waals surface area contributed by atoms with Crippen molar-refractivity contribution in [3.05, 3.63) is 36.5 Å². The molecule has 0 aromatic rings. The Morgan fingerprint density at radius 1 is 1.25 bits per heavy atom. The highest BCUT2D eigenvalue weighted by molar-refractivity contribution is 5.22. The molecule has 0 nitrogen and oxygen atoms in total. The van der Waals surface area contributed by atoms with Gasteiger partial charge in [-0.1, -0.05) is 45.1 Å². The Kier molecular flexibility index (Phi) is 5.44. The maximum absolute atomic E-state index is 3.76. The van der Waals surface area contributed by atoms with Crippen molar-refractivity contribution >= 4 is 0 Å². The zero-order valence-electron chi connectivity index (χ0n) is 8.67. The van der Waals surface area contributed by atoms with E-state index in [9.17, 15) is 0 Å². The van der Waals surface area contributed by atoms with Crippen LogP contribution >= 0.6 is 0 Å². The third-order valence-corrected chi connectivity index (χ3v) is 1.85. The summed E-state index contributed by atoms with van der Waals surface area (Å²) in [6, 6.07) is 0. The fourth-order valence-electron chi connectivity index (χ4n) is 1.00. The summed E-state index contributed by atoms with van der Waals surface area (Å²) in [4.78, 5) is 0. The zero-order chi connectivity index (χ0) is 9.56. The van der Waals surface area contributed by atoms with Gasteiger partial charge in [0.2, 0.25) is 0 Å². The molecule has 0 aliphatic carbocycles. The molecular weight excluding hydrogens is 144 g/mol. The van der Waals surface area contributed by atoms with Gasteiger partial charge in [0.25, 0.3) is 0 Å². The standard InChI is InChI=1S/C12H20/c1-6-8-12(10(3)4)9-11(5)7-2/h6-11H,2H2,1,3-5H3/b8-6-,12-9+. The van der Waals surface area contributed by atoms with Gasteiger partial charge in [0.15, 0.2) is 0 Å². The van der Waals surface area contributed by atoms with Crippen LogP contribution in [-0.4, -0.2) is 0 Å². The van der Waals surface area contributed by atoms with Crippen molar-refractivity contribution in [1.29, 1.82) is 0 Å². The SMILES string of the molecule is C=CC(C)/C=C(\C=C/C)C(C)C. The predicted molar refractivity (Wildman–Crippen MR) is 57.1 cm³/mol. The summed E-state index contributed by atoms with van der Waals surface area (Å²) in [6.45, 7) is 12.4. The average Bonchev–Trinajstić information content (AvgIpc) is 2.03. The minimum Gasteiger partial charge on any atom is -0.102 e. The molecule has 0 radical (unpaired) electrons. The molecule has 0 rings (SSSR count). The minimum atomic E-state index is 0.471. The van der Waals surface area contributed by atoms with Crippen LogP contribution in [0.2, 0.25) is 0 Å². The van der Waals surface area contributed by atoms with Crippen LogP contribution in [0, 0.1) is 11.8 Å². The van der Waals surface area contributed by atoms with Gasteiger partial charge >= 0.3 is 0 Å². The van der Waals surface area contributed by atoms with E-state index in [1.807, 2.05) is 6.08 Å². The maximum atomic E-state index is 3.76. The van der Waals surface area contributed by atoms with Gasteiger partial charge in [-0.3, -0.25) is 0 Å². The quantitative estimate of drug-likeness (QED) is 0.435. The van der Waals surface area contributed by atoms with Crippen LogP contribution in [0.15, 0.2) is 36.5 Å². The van der Waals surface area contributed by atoms with E-state index in [1.165, 1.54) is 5.57 Å². The van der Waals surface area contributed by atoms with E-state index in [0.717, 1.165) is 0 Å². The van der Waals surface area contributed by atoms with Crippen molar-refractivity contribution in [1.82, 2.24) is 0 Å². The minimum absolute atomic E-state index is 0.471. The molecule has 0 aromatic carbocycles. The van der Waals surface area contributed by atoms with E-state index in [1.54, 1.807) is 0 Å². The first-order valence-corrected chi connectivity index (χ1v) is 4.58. The van der Waals surface area contributed by atoms with Gasteiger partial charge in [0.05, 0.1) is 0 Å². The van der Waals surface area contributed by atoms with Gasteiger partial charge in [-0.25, -0.2) is 0 Å². The Morgan fingerprint density at radius 3 is 2.17 bits per heavy atom. The second kappa shape index (κ2) is 5.82. The van der Waals surface area contributed by atoms with E-state index in [0.29, 0.717) is 11.8 Å². The predicted octanol–water partition coefficient (Wildman–Crippen LogP) is 3.97. The Labute approximate surface area is 76.7 Å². The number of allylic oxidation sites excluding steroid dienone is 5. The molecule has 0 saturated carbocycles. The van der Waals surface area contributed by atoms with Crippen molar-refractivity contribution in [2.24, 2.45) is 11.8 Å². The largest absolute Gasteiger partial charge is 0.102 e. The van der Waals surface area contributed by atoms with Crippen molar-refractivity contribution in [3.8, 4) is 0 Å². The molecule has 0 aliphatic rings. The molecule has 1 atom stereocenters. The average molecular weight is 164 g/mol. The molecule has 0 saturated heterocycles. The molecule has 0 spiro atoms. The lowest BCUT2D eigenvalue weighted by molar-refractivity contribution is 0.771. The lowest BCUT2D eigenvalue weighted by Crippen LogP contribution is -1.93. The molecule has 0 amide bonds. The van der Waals surface area contributed by atoms with Crippen LogP contribution in [0.3, 0.4) is 0 Å². The Morgan fingerprint density at radius 2 is 1.83 bits per heavy atom. The summed E-state index contributed by atoms with van der Waals surface area (Å²) in [6.07, 6.45) is 8.48. The van der Waals surface area contributed by atoms with E-state index in [-0.39, 0.29) is 0 Å². The van der Waals surface area contributed by atoms with Crippen LogP contribution in [-0.2, 0) is 0 Å². The van der Waals surface area contributed by atoms with Crippen molar-refractivity contribution in [2.45, 2.75) is 27.7 Å². The molecule has 0 aromatic heterocycles. The molecule has 0 heterocycles. The van der Waals surface area contributed by atoms with E-state index >= 15 is 0 Å². The fraction of sp³-hybridized carbons (Fsp3) is 0.500. The summed E-state index contributed by atoms with van der Waals surface area (Å²) >= 11 is 0. The maximum Gasteiger partial charge on any atom is -0.00786 e. The van der Waals surface area contributed by atoms with Gasteiger partial charge < -0.3 is 0 Å². The topological polar surface area (TPSA) is 0 Å². The second-order valence-electron chi connectivity index (χ2n) is 3.42. The summed E-state index contributed by atoms with van der Waals surface area (Å²) in [5, 5.41) is 0. The lowest BCUT2D eigenvalue weighted by Gasteiger charge is -2.08. The molecular formula is C12H20. The third-order valence-electron chi connectivity index (χ3n) is 1.85. The van der Waals surface area contributed by atoms with Crippen LogP contribution in [0.4, 0.5) is 0 Å². The smallest absolute Gasteiger partial charge is 0.00786 e. The number of hydrogen-bond donors (Lipinski definition) is 0. The monoisotopic (exact) mass is 164 g/mol. The van der Waals surface area contributed by atoms with E-state index in [2.05, 4.69) is 52.5 Å². The third kappa shape index (κ3) is 4.17. The highest BCUT2D eigenvalue weighted by Crippen LogP contribution is 2.14. The zero-order valence-corrected chi connectivity index (χ0v) is 8.67. The molecule has 1 unspecified atom stereocenters. The molecule has 12 heavy (non-hydrogen) atoms. The van der Waals surface area contributed by atoms with Crippen LogP contribution < -0.4 is 0 Å². The molecule has 0 N–H and O–H groups in total. The van der Waals surface area contributed by atoms with E-state index < -0.39 is 0 Å². The van der Waals surface area contributed by atoms with Gasteiger partial charge in [-0.15, -0.1) is 6.58 Å². The molecule has 0 aliphatic heterocycles. The first-order chi connectivity index (χ1) is 5.61. The summed E-state index contributed by atoms with van der Waals surface area (Å²) in [5.41, 5.74) is 1.39. The van der Waals surface area contributed by atoms with Crippen molar-refractivity contribution < 1.29 is 0 Å². The van der Waals surface area contributed by atoms with Gasteiger partial charge in [0, 0.05) is 0 Å². The van der Waals surface area contributed by atoms with Crippen molar-refractivity contribution in [3.63, 3.8) is 0 Å². The second-order valence-corrected chi connectivity index (χ2v) is 3.42. The highest BCUT2D eigenvalue weighted by atomic mass is 14.0. The van der Waals surface area contributed by atoms with Gasteiger partial charge in [-0.2, -0.15) is 0 Å². The summed E-state index contributed by atoms with van der Waals surface area (Å²) in [7, 11) is 0. The Bertz CT molecular complexity index is 182. The Balaban J connectivity index is 4.48. The van der Waals surface area contributed by atoms with Crippen LogP contribution in [0.1, 0.15) is 27.7 Å². The van der Waals surface area contributed by atoms with E-state index in [4.69, 9.17) is 0 Å². The van der Waals surface area contributed by atoms with Gasteiger partial charge in [-0.05, 0) is 24.3 Å². The number of hydrogen-bond acceptors (Lipinski definition) is 0. The summed E-state index contributed by atoms with van der Waals surface area (Å²) < 4.78 is 0. The van der Waals surface area contributed by atoms with Crippen molar-refractivity contribution in [2.75, 3.05) is 0 Å². The number of rotatable bonds is 4. The molecule has 0 heteroatoms. The van der Waals surface area contributed by atoms with Crippen LogP contribution in [0.25, 0.3) is 0 Å². The molecule has 68 valence electrons. The molecule has 0 bridgehead atoms. The Hall–Kier alpha value is -0.780. The fourth-order valence-corrected chi connectivity index (χ4v) is 1.00. The first-order valence-electron chi connectivity index (χ1n) is 4.58. The van der Waals surface area contributed by atoms with Gasteiger partial charge in [0.1, 0.15) is 0 Å².